The Labute approximate surface area is 157 Å². The van der Waals surface area contributed by atoms with Gasteiger partial charge in [-0.2, -0.15) is 0 Å². The number of nitrogens with zero attached hydrogens (tertiary/aromatic N) is 1. The predicted molar refractivity (Wildman–Crippen MR) is 95.4 cm³/mol. The summed E-state index contributed by atoms with van der Waals surface area (Å²) in [6.45, 7) is 0. The molecule has 1 heterocycles. The lowest BCUT2D eigenvalue weighted by Crippen LogP contribution is -2.62. The summed E-state index contributed by atoms with van der Waals surface area (Å²) in [6.07, 6.45) is 1.39. The van der Waals surface area contributed by atoms with Crippen LogP contribution in [0.15, 0.2) is 23.7 Å². The van der Waals surface area contributed by atoms with Gasteiger partial charge in [-0.05, 0) is 24.5 Å². The van der Waals surface area contributed by atoms with Crippen LogP contribution in [0.1, 0.15) is 30.4 Å². The predicted octanol–water partition coefficient (Wildman–Crippen LogP) is 1.66. The fourth-order valence-corrected chi connectivity index (χ4v) is 5.51. The van der Waals surface area contributed by atoms with Crippen LogP contribution in [0.5, 0.6) is 11.5 Å². The van der Waals surface area contributed by atoms with Crippen LogP contribution in [0, 0.1) is 0 Å². The third kappa shape index (κ3) is 1.86. The maximum absolute atomic E-state index is 13.0. The molecule has 2 atom stereocenters. The number of methoxy groups -OCH3 is 3. The van der Waals surface area contributed by atoms with E-state index in [1.165, 1.54) is 21.3 Å². The van der Waals surface area contributed by atoms with Gasteiger partial charge >= 0.3 is 0 Å². The number of carbonyl (C=O) groups is 2. The zero-order valence-corrected chi connectivity index (χ0v) is 15.9. The summed E-state index contributed by atoms with van der Waals surface area (Å²) in [5.41, 5.74) is -0.259. The SMILES string of the molecule is COC1=C(OC)[C@]23CCc4ccc(OC)c(O)c4[C@@]2(CC1=O)CC(=O)N3C. The van der Waals surface area contributed by atoms with Crippen molar-refractivity contribution in [3.8, 4) is 11.5 Å². The quantitative estimate of drug-likeness (QED) is 0.867. The number of ketones is 1. The first kappa shape index (κ1) is 17.7. The first-order chi connectivity index (χ1) is 12.9. The van der Waals surface area contributed by atoms with Gasteiger partial charge in [0, 0.05) is 30.9 Å². The molecule has 0 unspecified atom stereocenters. The number of aryl methyl sites for hydroxylation is 1. The van der Waals surface area contributed by atoms with Crippen molar-refractivity contribution in [2.24, 2.45) is 0 Å². The number of rotatable bonds is 3. The number of likely N-dealkylation sites (N-methyl/N-ethyl adjacent to an activating group) is 1. The van der Waals surface area contributed by atoms with Gasteiger partial charge in [0.15, 0.2) is 17.3 Å². The van der Waals surface area contributed by atoms with Gasteiger partial charge in [-0.25, -0.2) is 0 Å². The Morgan fingerprint density at radius 3 is 2.44 bits per heavy atom. The van der Waals surface area contributed by atoms with Crippen molar-refractivity contribution >= 4 is 11.7 Å². The van der Waals surface area contributed by atoms with Crippen LogP contribution >= 0.6 is 0 Å². The number of phenolic OH excluding ortho intramolecular Hbond substituents is 1. The van der Waals surface area contributed by atoms with E-state index in [2.05, 4.69) is 0 Å². The summed E-state index contributed by atoms with van der Waals surface area (Å²) >= 11 is 0. The molecule has 0 aromatic heterocycles. The first-order valence-electron chi connectivity index (χ1n) is 8.90. The Kier molecular flexibility index (Phi) is 3.70. The van der Waals surface area contributed by atoms with Crippen LogP contribution in [0.2, 0.25) is 0 Å². The van der Waals surface area contributed by atoms with Gasteiger partial charge in [0.2, 0.25) is 17.4 Å². The molecule has 4 rings (SSSR count). The van der Waals surface area contributed by atoms with E-state index in [0.717, 1.165) is 5.56 Å². The molecule has 3 aliphatic rings. The van der Waals surface area contributed by atoms with Crippen LogP contribution in [0.25, 0.3) is 0 Å². The molecule has 0 spiro atoms. The van der Waals surface area contributed by atoms with E-state index in [1.54, 1.807) is 18.0 Å². The van der Waals surface area contributed by atoms with Gasteiger partial charge < -0.3 is 24.2 Å². The van der Waals surface area contributed by atoms with Gasteiger partial charge in [-0.3, -0.25) is 9.59 Å². The molecule has 1 aromatic rings. The molecule has 7 heteroatoms. The molecule has 1 N–H and O–H groups in total. The Morgan fingerprint density at radius 1 is 1.07 bits per heavy atom. The van der Waals surface area contributed by atoms with Crippen molar-refractivity contribution in [2.75, 3.05) is 28.4 Å². The van der Waals surface area contributed by atoms with Crippen LogP contribution < -0.4 is 4.74 Å². The Morgan fingerprint density at radius 2 is 1.81 bits per heavy atom. The molecular weight excluding hydrogens is 350 g/mol. The van der Waals surface area contributed by atoms with E-state index in [9.17, 15) is 14.7 Å². The number of phenols is 1. The summed E-state index contributed by atoms with van der Waals surface area (Å²) in [7, 11) is 6.14. The van der Waals surface area contributed by atoms with E-state index in [1.807, 2.05) is 6.07 Å². The number of hydrogen-bond donors (Lipinski definition) is 1. The molecule has 7 nitrogen and oxygen atoms in total. The molecule has 1 amide bonds. The minimum absolute atomic E-state index is 0.00806. The maximum atomic E-state index is 13.0. The highest BCUT2D eigenvalue weighted by atomic mass is 16.5. The number of carbonyl (C=O) groups excluding carboxylic acids is 2. The number of hydrogen-bond acceptors (Lipinski definition) is 6. The van der Waals surface area contributed by atoms with Crippen molar-refractivity contribution in [3.63, 3.8) is 0 Å². The molecule has 1 aliphatic heterocycles. The largest absolute Gasteiger partial charge is 0.504 e. The molecule has 1 fully saturated rings. The Bertz CT molecular complexity index is 891. The standard InChI is InChI=1S/C20H23NO6/c1-21-14(23)10-19-9-12(22)17(26-3)18(27-4)20(19,21)8-7-11-5-6-13(25-2)16(24)15(11)19/h5-6,24H,7-10H2,1-4H3/t19-,20-/m1/s1. The number of fused-ring (bicyclic) bond motifs is 1. The van der Waals surface area contributed by atoms with Crippen LogP contribution in [0.4, 0.5) is 0 Å². The second-order valence-electron chi connectivity index (χ2n) is 7.39. The summed E-state index contributed by atoms with van der Waals surface area (Å²) < 4.78 is 16.4. The smallest absolute Gasteiger partial charge is 0.224 e. The van der Waals surface area contributed by atoms with Crippen LogP contribution in [-0.2, 0) is 30.9 Å². The van der Waals surface area contributed by atoms with E-state index < -0.39 is 11.0 Å². The number of aromatic hydroxyl groups is 1. The maximum Gasteiger partial charge on any atom is 0.224 e. The third-order valence-corrected chi connectivity index (χ3v) is 6.58. The lowest BCUT2D eigenvalue weighted by molar-refractivity contribution is -0.131. The van der Waals surface area contributed by atoms with Crippen molar-refractivity contribution in [2.45, 2.75) is 36.6 Å². The molecule has 2 aliphatic carbocycles. The minimum atomic E-state index is -0.921. The molecule has 27 heavy (non-hydrogen) atoms. The van der Waals surface area contributed by atoms with Crippen LogP contribution in [0.3, 0.4) is 0 Å². The van der Waals surface area contributed by atoms with E-state index >= 15 is 0 Å². The van der Waals surface area contributed by atoms with Crippen molar-refractivity contribution < 1.29 is 28.9 Å². The highest BCUT2D eigenvalue weighted by Gasteiger charge is 2.71. The minimum Gasteiger partial charge on any atom is -0.504 e. The first-order valence-corrected chi connectivity index (χ1v) is 8.90. The lowest BCUT2D eigenvalue weighted by Gasteiger charge is -2.54. The number of Topliss-reactive ketones (excluding diaryl/α,β-unsaturated/α-hetero) is 1. The van der Waals surface area contributed by atoms with E-state index in [-0.39, 0.29) is 36.0 Å². The van der Waals surface area contributed by atoms with E-state index in [4.69, 9.17) is 14.2 Å². The average molecular weight is 373 g/mol. The third-order valence-electron chi connectivity index (χ3n) is 6.58. The fraction of sp³-hybridized carbons (Fsp3) is 0.500. The summed E-state index contributed by atoms with van der Waals surface area (Å²) in [5, 5.41) is 11.0. The fourth-order valence-electron chi connectivity index (χ4n) is 5.51. The van der Waals surface area contributed by atoms with Crippen molar-refractivity contribution in [1.29, 1.82) is 0 Å². The van der Waals surface area contributed by atoms with Crippen LogP contribution in [-0.4, -0.2) is 55.6 Å². The summed E-state index contributed by atoms with van der Waals surface area (Å²) in [4.78, 5) is 27.6. The second-order valence-corrected chi connectivity index (χ2v) is 7.39. The lowest BCUT2D eigenvalue weighted by atomic mass is 9.53. The molecule has 144 valence electrons. The zero-order valence-electron chi connectivity index (χ0n) is 15.9. The molecular formula is C20H23NO6. The van der Waals surface area contributed by atoms with Gasteiger partial charge in [0.1, 0.15) is 5.54 Å². The Hall–Kier alpha value is -2.70. The van der Waals surface area contributed by atoms with Crippen molar-refractivity contribution in [1.82, 2.24) is 4.90 Å². The molecule has 0 radical (unpaired) electrons. The topological polar surface area (TPSA) is 85.3 Å². The number of benzene rings is 1. The highest BCUT2D eigenvalue weighted by Crippen LogP contribution is 2.64. The second kappa shape index (κ2) is 5.65. The normalized spacial score (nSPS) is 29.3. The van der Waals surface area contributed by atoms with Gasteiger partial charge in [-0.1, -0.05) is 6.07 Å². The summed E-state index contributed by atoms with van der Waals surface area (Å²) in [6, 6.07) is 3.62. The number of likely N-dealkylation sites (tertiary alicyclic amines) is 1. The molecule has 0 bridgehead atoms. The van der Waals surface area contributed by atoms with Gasteiger partial charge in [0.25, 0.3) is 0 Å². The Balaban J connectivity index is 2.11. The molecule has 0 saturated carbocycles. The van der Waals surface area contributed by atoms with Gasteiger partial charge in [0.05, 0.1) is 21.3 Å². The number of amides is 1. The number of ether oxygens (including phenoxy) is 3. The summed E-state index contributed by atoms with van der Waals surface area (Å²) in [5.74, 6) is 0.510. The number of allylic oxidation sites excluding steroid dienone is 1. The zero-order chi connectivity index (χ0) is 19.6. The average Bonchev–Trinajstić information content (AvgIpc) is 2.88. The molecule has 1 saturated heterocycles. The van der Waals surface area contributed by atoms with E-state index in [0.29, 0.717) is 29.9 Å². The van der Waals surface area contributed by atoms with Gasteiger partial charge in [-0.15, -0.1) is 0 Å². The monoisotopic (exact) mass is 373 g/mol. The molecule has 1 aromatic carbocycles. The highest BCUT2D eigenvalue weighted by molar-refractivity contribution is 6.00. The van der Waals surface area contributed by atoms with Crippen molar-refractivity contribution in [3.05, 3.63) is 34.8 Å².